The van der Waals surface area contributed by atoms with E-state index in [1.807, 2.05) is 0 Å². The van der Waals surface area contributed by atoms with Gasteiger partial charge in [-0.2, -0.15) is 0 Å². The Hall–Kier alpha value is -5.66. The Bertz CT molecular complexity index is 2940. The van der Waals surface area contributed by atoms with E-state index in [2.05, 4.69) is 146 Å². The predicted molar refractivity (Wildman–Crippen MR) is 220 cm³/mol. The van der Waals surface area contributed by atoms with Crippen LogP contribution in [0.5, 0.6) is 0 Å². The molecule has 5 aliphatic rings. The lowest BCUT2D eigenvalue weighted by Crippen LogP contribution is -2.55. The molecule has 1 heteroatoms. The third kappa shape index (κ3) is 3.63. The number of hydrogen-bond acceptors (Lipinski definition) is 1. The normalized spacial score (nSPS) is 23.9. The molecule has 0 atom stereocenters. The highest BCUT2D eigenvalue weighted by Gasteiger charge is 2.62. The minimum atomic E-state index is 0.0866. The molecule has 8 aromatic carbocycles. The van der Waals surface area contributed by atoms with Crippen molar-refractivity contribution in [3.63, 3.8) is 0 Å². The number of benzene rings is 8. The summed E-state index contributed by atoms with van der Waals surface area (Å²) in [5.74, 6) is 3.25. The molecule has 0 radical (unpaired) electrons. The van der Waals surface area contributed by atoms with E-state index < -0.39 is 0 Å². The van der Waals surface area contributed by atoms with Crippen LogP contribution in [-0.4, -0.2) is 0 Å². The highest BCUT2D eigenvalue weighted by molar-refractivity contribution is 6.23. The van der Waals surface area contributed by atoms with Gasteiger partial charge < -0.3 is 4.42 Å². The van der Waals surface area contributed by atoms with Crippen molar-refractivity contribution in [2.75, 3.05) is 0 Å². The largest absolute Gasteiger partial charge is 0.456 e. The van der Waals surface area contributed by atoms with Crippen molar-refractivity contribution in [3.8, 4) is 33.4 Å². The van der Waals surface area contributed by atoms with Crippen LogP contribution in [0.4, 0.5) is 0 Å². The van der Waals surface area contributed by atoms with Gasteiger partial charge in [-0.3, -0.25) is 0 Å². The molecule has 14 rings (SSSR count). The van der Waals surface area contributed by atoms with E-state index in [0.29, 0.717) is 11.8 Å². The molecule has 53 heavy (non-hydrogen) atoms. The molecule has 5 aliphatic carbocycles. The average Bonchev–Trinajstić information content (AvgIpc) is 3.72. The SMILES string of the molecule is c1cc(-c2c3ccccc3c(-c3ccc4oc5ccccc5c4c3)c3ccccc23)c2c(c1)C1(c3c-2ccc2ccccc32)C2CC3CC(C2)CC1C3. The van der Waals surface area contributed by atoms with Gasteiger partial charge in [-0.15, -0.1) is 0 Å². The van der Waals surface area contributed by atoms with Crippen LogP contribution in [0.25, 0.3) is 87.6 Å². The van der Waals surface area contributed by atoms with Crippen LogP contribution in [0.2, 0.25) is 0 Å². The third-order valence-electron chi connectivity index (χ3n) is 14.4. The zero-order valence-electron chi connectivity index (χ0n) is 29.6. The summed E-state index contributed by atoms with van der Waals surface area (Å²) in [6.45, 7) is 0. The van der Waals surface area contributed by atoms with Gasteiger partial charge in [0.1, 0.15) is 11.2 Å². The summed E-state index contributed by atoms with van der Waals surface area (Å²) in [6.07, 6.45) is 7.01. The summed E-state index contributed by atoms with van der Waals surface area (Å²) in [6, 6.07) is 55.1. The summed E-state index contributed by atoms with van der Waals surface area (Å²) in [5.41, 5.74) is 13.5. The first-order valence-corrected chi connectivity index (χ1v) is 19.8. The fourth-order valence-electron chi connectivity index (χ4n) is 12.8. The molecule has 0 amide bonds. The van der Waals surface area contributed by atoms with Crippen LogP contribution in [0, 0.1) is 23.7 Å². The summed E-state index contributed by atoms with van der Waals surface area (Å²) < 4.78 is 6.28. The van der Waals surface area contributed by atoms with E-state index in [1.54, 1.807) is 11.1 Å². The fraction of sp³-hybridized carbons (Fsp3) is 0.192. The molecule has 4 fully saturated rings. The van der Waals surface area contributed by atoms with Crippen LogP contribution in [0.3, 0.4) is 0 Å². The van der Waals surface area contributed by atoms with Crippen molar-refractivity contribution < 1.29 is 4.42 Å². The quantitative estimate of drug-likeness (QED) is 0.166. The highest BCUT2D eigenvalue weighted by Crippen LogP contribution is 2.71. The van der Waals surface area contributed by atoms with Crippen LogP contribution in [0.1, 0.15) is 43.2 Å². The minimum Gasteiger partial charge on any atom is -0.456 e. The van der Waals surface area contributed by atoms with Gasteiger partial charge in [0.05, 0.1) is 0 Å². The monoisotopic (exact) mass is 678 g/mol. The maximum Gasteiger partial charge on any atom is 0.135 e. The zero-order valence-corrected chi connectivity index (χ0v) is 29.6. The van der Waals surface area contributed by atoms with E-state index in [9.17, 15) is 0 Å². The van der Waals surface area contributed by atoms with Gasteiger partial charge in [0.15, 0.2) is 0 Å². The van der Waals surface area contributed by atoms with Gasteiger partial charge in [-0.05, 0) is 151 Å². The zero-order chi connectivity index (χ0) is 34.4. The molecule has 4 bridgehead atoms. The Balaban J connectivity index is 1.13. The van der Waals surface area contributed by atoms with Gasteiger partial charge in [-0.1, -0.05) is 127 Å². The van der Waals surface area contributed by atoms with Crippen molar-refractivity contribution in [1.29, 1.82) is 0 Å². The standard InChI is InChI=1S/C52H38O/c1-2-11-36-32(10-1)20-22-43-50-42(17-9-18-45(50)52(51(36)43)34-25-30-24-31(27-34)28-35(52)26-30)49-40-15-5-3-13-38(40)48(39-14-4-6-16-41(39)49)33-21-23-47-44(29-33)37-12-7-8-19-46(37)53-47/h1-23,29-31,34-35H,24-28H2. The van der Waals surface area contributed by atoms with Gasteiger partial charge in [0, 0.05) is 16.2 Å². The summed E-state index contributed by atoms with van der Waals surface area (Å²) in [4.78, 5) is 0. The highest BCUT2D eigenvalue weighted by atomic mass is 16.3. The maximum absolute atomic E-state index is 6.28. The van der Waals surface area contributed by atoms with Crippen molar-refractivity contribution in [3.05, 3.63) is 157 Å². The molecular weight excluding hydrogens is 641 g/mol. The molecule has 4 saturated carbocycles. The van der Waals surface area contributed by atoms with Gasteiger partial charge in [0.25, 0.3) is 0 Å². The number of hydrogen-bond donors (Lipinski definition) is 0. The van der Waals surface area contributed by atoms with Crippen LogP contribution < -0.4 is 0 Å². The fourth-order valence-corrected chi connectivity index (χ4v) is 12.8. The first kappa shape index (κ1) is 28.9. The molecule has 0 N–H and O–H groups in total. The first-order valence-electron chi connectivity index (χ1n) is 19.8. The second-order valence-electron chi connectivity index (χ2n) is 16.8. The molecule has 0 unspecified atom stereocenters. The molecule has 252 valence electrons. The van der Waals surface area contributed by atoms with Crippen LogP contribution in [-0.2, 0) is 5.41 Å². The number of para-hydroxylation sites is 1. The summed E-state index contributed by atoms with van der Waals surface area (Å²) in [7, 11) is 0. The number of fused-ring (bicyclic) bond motifs is 10. The van der Waals surface area contributed by atoms with Crippen LogP contribution in [0.15, 0.2) is 150 Å². The van der Waals surface area contributed by atoms with Crippen molar-refractivity contribution in [2.45, 2.75) is 37.5 Å². The third-order valence-corrected chi connectivity index (χ3v) is 14.4. The van der Waals surface area contributed by atoms with E-state index in [-0.39, 0.29) is 5.41 Å². The Morgan fingerprint density at radius 2 is 1.02 bits per heavy atom. The Labute approximate surface area is 308 Å². The second kappa shape index (κ2) is 10.3. The van der Waals surface area contributed by atoms with E-state index >= 15 is 0 Å². The van der Waals surface area contributed by atoms with Gasteiger partial charge >= 0.3 is 0 Å². The summed E-state index contributed by atoms with van der Waals surface area (Å²) in [5, 5.41) is 10.4. The molecule has 1 aromatic heterocycles. The first-order chi connectivity index (χ1) is 26.3. The number of furan rings is 1. The van der Waals surface area contributed by atoms with Gasteiger partial charge in [-0.25, -0.2) is 0 Å². The lowest BCUT2D eigenvalue weighted by molar-refractivity contribution is -0.0393. The molecule has 9 aromatic rings. The lowest BCUT2D eigenvalue weighted by atomic mass is 9.43. The van der Waals surface area contributed by atoms with Crippen molar-refractivity contribution in [1.82, 2.24) is 0 Å². The van der Waals surface area contributed by atoms with Gasteiger partial charge in [0.2, 0.25) is 0 Å². The predicted octanol–water partition coefficient (Wildman–Crippen LogP) is 14.1. The molecule has 1 nitrogen and oxygen atoms in total. The van der Waals surface area contributed by atoms with E-state index in [1.165, 1.54) is 109 Å². The topological polar surface area (TPSA) is 13.1 Å². The smallest absolute Gasteiger partial charge is 0.135 e. The maximum atomic E-state index is 6.28. The summed E-state index contributed by atoms with van der Waals surface area (Å²) >= 11 is 0. The van der Waals surface area contributed by atoms with Crippen molar-refractivity contribution >= 4 is 54.3 Å². The minimum absolute atomic E-state index is 0.0866. The molecule has 1 heterocycles. The molecular formula is C52H38O. The van der Waals surface area contributed by atoms with E-state index in [4.69, 9.17) is 4.42 Å². The molecule has 0 aliphatic heterocycles. The van der Waals surface area contributed by atoms with Crippen LogP contribution >= 0.6 is 0 Å². The second-order valence-corrected chi connectivity index (χ2v) is 16.8. The Morgan fingerprint density at radius 3 is 1.74 bits per heavy atom. The molecule has 0 saturated heterocycles. The molecule has 1 spiro atoms. The number of rotatable bonds is 2. The Morgan fingerprint density at radius 1 is 0.415 bits per heavy atom. The average molecular weight is 679 g/mol. The Kier molecular flexibility index (Phi) is 5.59. The van der Waals surface area contributed by atoms with E-state index in [0.717, 1.165) is 23.0 Å². The lowest BCUT2D eigenvalue weighted by Gasteiger charge is -2.61. The van der Waals surface area contributed by atoms with Crippen molar-refractivity contribution in [2.24, 2.45) is 23.7 Å².